The normalized spacial score (nSPS) is 12.4. The molecule has 1 atom stereocenters. The van der Waals surface area contributed by atoms with Gasteiger partial charge in [0, 0.05) is 0 Å². The molecule has 0 amide bonds. The second-order valence-electron chi connectivity index (χ2n) is 3.47. The van der Waals surface area contributed by atoms with Crippen LogP contribution < -0.4 is 15.2 Å². The number of ether oxygens (including phenoxy) is 2. The van der Waals surface area contributed by atoms with Crippen LogP contribution in [0.4, 0.5) is 8.78 Å². The smallest absolute Gasteiger partial charge is 0.209 e. The summed E-state index contributed by atoms with van der Waals surface area (Å²) in [4.78, 5) is 0. The van der Waals surface area contributed by atoms with Gasteiger partial charge in [0.1, 0.15) is 0 Å². The van der Waals surface area contributed by atoms with Crippen LogP contribution in [-0.2, 0) is 0 Å². The van der Waals surface area contributed by atoms with Crippen LogP contribution in [0.15, 0.2) is 6.07 Å². The molecule has 0 saturated carbocycles. The van der Waals surface area contributed by atoms with E-state index in [4.69, 9.17) is 10.5 Å². The van der Waals surface area contributed by atoms with Gasteiger partial charge in [0.05, 0.1) is 14.2 Å². The molecule has 1 unspecified atom stereocenters. The Morgan fingerprint density at radius 3 is 2.31 bits per heavy atom. The Morgan fingerprint density at radius 2 is 1.88 bits per heavy atom. The lowest BCUT2D eigenvalue weighted by molar-refractivity contribution is 0.330. The Hall–Kier alpha value is -1.36. The Bertz CT molecular complexity index is 383. The average Bonchev–Trinajstić information content (AvgIpc) is 2.29. The second kappa shape index (κ2) is 5.12. The molecule has 0 radical (unpaired) electrons. The minimum Gasteiger partial charge on any atom is -0.494 e. The minimum absolute atomic E-state index is 0.0476. The fourth-order valence-electron chi connectivity index (χ4n) is 1.42. The first-order chi connectivity index (χ1) is 7.56. The van der Waals surface area contributed by atoms with E-state index in [1.807, 2.05) is 0 Å². The number of methoxy groups -OCH3 is 2. The minimum atomic E-state index is -0.838. The zero-order chi connectivity index (χ0) is 12.3. The van der Waals surface area contributed by atoms with Gasteiger partial charge in [-0.25, -0.2) is 4.39 Å². The SMILES string of the molecule is COc1cc(C(C)CN)c(F)c(OC)c1F. The fourth-order valence-corrected chi connectivity index (χ4v) is 1.42. The van der Waals surface area contributed by atoms with Crippen LogP contribution in [0.3, 0.4) is 0 Å². The molecule has 0 spiro atoms. The summed E-state index contributed by atoms with van der Waals surface area (Å²) in [5.74, 6) is -2.28. The number of benzene rings is 1. The predicted molar refractivity (Wildman–Crippen MR) is 56.9 cm³/mol. The molecule has 0 aromatic heterocycles. The maximum atomic E-state index is 13.8. The van der Waals surface area contributed by atoms with E-state index in [9.17, 15) is 8.78 Å². The molecular weight excluding hydrogens is 216 g/mol. The van der Waals surface area contributed by atoms with E-state index in [0.29, 0.717) is 0 Å². The van der Waals surface area contributed by atoms with Crippen molar-refractivity contribution < 1.29 is 18.3 Å². The molecule has 0 aliphatic heterocycles. The summed E-state index contributed by atoms with van der Waals surface area (Å²) < 4.78 is 36.9. The van der Waals surface area contributed by atoms with Crippen molar-refractivity contribution in [3.63, 3.8) is 0 Å². The lowest BCUT2D eigenvalue weighted by Gasteiger charge is -2.15. The summed E-state index contributed by atoms with van der Waals surface area (Å²) >= 11 is 0. The molecule has 0 aliphatic rings. The van der Waals surface area contributed by atoms with Crippen molar-refractivity contribution in [1.29, 1.82) is 0 Å². The Balaban J connectivity index is 3.40. The summed E-state index contributed by atoms with van der Waals surface area (Å²) in [6.07, 6.45) is 0. The van der Waals surface area contributed by atoms with Gasteiger partial charge in [0.15, 0.2) is 17.3 Å². The highest BCUT2D eigenvalue weighted by atomic mass is 19.1. The van der Waals surface area contributed by atoms with Crippen LogP contribution in [0, 0.1) is 11.6 Å². The molecule has 3 nitrogen and oxygen atoms in total. The van der Waals surface area contributed by atoms with Crippen LogP contribution in [0.2, 0.25) is 0 Å². The van der Waals surface area contributed by atoms with Gasteiger partial charge in [0.2, 0.25) is 5.82 Å². The molecule has 16 heavy (non-hydrogen) atoms. The maximum Gasteiger partial charge on any atom is 0.209 e. The van der Waals surface area contributed by atoms with Crippen molar-refractivity contribution in [2.45, 2.75) is 12.8 Å². The lowest BCUT2D eigenvalue weighted by Crippen LogP contribution is -2.12. The summed E-state index contributed by atoms with van der Waals surface area (Å²) in [5.41, 5.74) is 5.74. The molecule has 90 valence electrons. The van der Waals surface area contributed by atoms with Gasteiger partial charge in [-0.1, -0.05) is 6.92 Å². The van der Waals surface area contributed by atoms with Crippen LogP contribution >= 0.6 is 0 Å². The van der Waals surface area contributed by atoms with Gasteiger partial charge in [-0.3, -0.25) is 0 Å². The van der Waals surface area contributed by atoms with E-state index in [-0.39, 0.29) is 23.8 Å². The van der Waals surface area contributed by atoms with E-state index in [0.717, 1.165) is 0 Å². The van der Waals surface area contributed by atoms with E-state index in [1.165, 1.54) is 20.3 Å². The van der Waals surface area contributed by atoms with Crippen molar-refractivity contribution in [2.24, 2.45) is 5.73 Å². The number of nitrogens with two attached hydrogens (primary N) is 1. The van der Waals surface area contributed by atoms with Gasteiger partial charge in [0.25, 0.3) is 0 Å². The highest BCUT2D eigenvalue weighted by Gasteiger charge is 2.22. The lowest BCUT2D eigenvalue weighted by atomic mass is 10.00. The highest BCUT2D eigenvalue weighted by Crippen LogP contribution is 2.35. The molecule has 0 fully saturated rings. The number of hydrogen-bond donors (Lipinski definition) is 1. The molecule has 0 saturated heterocycles. The molecule has 5 heteroatoms. The third-order valence-electron chi connectivity index (χ3n) is 2.46. The number of rotatable bonds is 4. The Labute approximate surface area is 93.2 Å². The van der Waals surface area contributed by atoms with Crippen LogP contribution in [0.25, 0.3) is 0 Å². The molecule has 0 heterocycles. The predicted octanol–water partition coefficient (Wildman–Crippen LogP) is 2.04. The summed E-state index contributed by atoms with van der Waals surface area (Å²) in [6, 6.07) is 1.31. The molecule has 0 aliphatic carbocycles. The number of hydrogen-bond acceptors (Lipinski definition) is 3. The maximum absolute atomic E-state index is 13.8. The Kier molecular flexibility index (Phi) is 4.06. The molecule has 2 N–H and O–H groups in total. The van der Waals surface area contributed by atoms with Gasteiger partial charge in [-0.05, 0) is 24.1 Å². The van der Waals surface area contributed by atoms with E-state index in [1.54, 1.807) is 6.92 Å². The molecule has 0 bridgehead atoms. The monoisotopic (exact) mass is 231 g/mol. The summed E-state index contributed by atoms with van der Waals surface area (Å²) in [7, 11) is 2.52. The third kappa shape index (κ3) is 2.09. The van der Waals surface area contributed by atoms with Gasteiger partial charge in [-0.2, -0.15) is 4.39 Å². The van der Waals surface area contributed by atoms with E-state index < -0.39 is 17.4 Å². The standard InChI is InChI=1S/C11H15F2NO2/c1-6(5-14)7-4-8(15-2)10(13)11(16-3)9(7)12/h4,6H,5,14H2,1-3H3. The van der Waals surface area contributed by atoms with Crippen molar-refractivity contribution in [2.75, 3.05) is 20.8 Å². The second-order valence-corrected chi connectivity index (χ2v) is 3.47. The van der Waals surface area contributed by atoms with E-state index >= 15 is 0 Å². The van der Waals surface area contributed by atoms with Crippen molar-refractivity contribution in [3.8, 4) is 11.5 Å². The summed E-state index contributed by atoms with van der Waals surface area (Å²) in [5, 5.41) is 0. The van der Waals surface area contributed by atoms with Crippen molar-refractivity contribution >= 4 is 0 Å². The fraction of sp³-hybridized carbons (Fsp3) is 0.455. The first-order valence-corrected chi connectivity index (χ1v) is 4.86. The van der Waals surface area contributed by atoms with Gasteiger partial charge in [-0.15, -0.1) is 0 Å². The van der Waals surface area contributed by atoms with Crippen molar-refractivity contribution in [1.82, 2.24) is 0 Å². The van der Waals surface area contributed by atoms with Gasteiger partial charge >= 0.3 is 0 Å². The zero-order valence-corrected chi connectivity index (χ0v) is 9.51. The highest BCUT2D eigenvalue weighted by molar-refractivity contribution is 5.43. The zero-order valence-electron chi connectivity index (χ0n) is 9.51. The third-order valence-corrected chi connectivity index (χ3v) is 2.46. The molecular formula is C11H15F2NO2. The average molecular weight is 231 g/mol. The van der Waals surface area contributed by atoms with Gasteiger partial charge < -0.3 is 15.2 Å². The molecule has 1 aromatic rings. The first kappa shape index (κ1) is 12.7. The van der Waals surface area contributed by atoms with Crippen LogP contribution in [0.1, 0.15) is 18.4 Å². The largest absolute Gasteiger partial charge is 0.494 e. The van der Waals surface area contributed by atoms with Crippen LogP contribution in [0.5, 0.6) is 11.5 Å². The van der Waals surface area contributed by atoms with E-state index in [2.05, 4.69) is 4.74 Å². The quantitative estimate of drug-likeness (QED) is 0.862. The molecule has 1 aromatic carbocycles. The first-order valence-electron chi connectivity index (χ1n) is 4.86. The Morgan fingerprint density at radius 1 is 1.25 bits per heavy atom. The number of halogens is 2. The topological polar surface area (TPSA) is 44.5 Å². The van der Waals surface area contributed by atoms with Crippen molar-refractivity contribution in [3.05, 3.63) is 23.3 Å². The van der Waals surface area contributed by atoms with Crippen LogP contribution in [-0.4, -0.2) is 20.8 Å². The summed E-state index contributed by atoms with van der Waals surface area (Å²) in [6.45, 7) is 2.00. The molecule has 1 rings (SSSR count).